The second-order valence-corrected chi connectivity index (χ2v) is 5.99. The molecule has 0 saturated carbocycles. The van der Waals surface area contributed by atoms with E-state index in [4.69, 9.17) is 0 Å². The van der Waals surface area contributed by atoms with Crippen LogP contribution in [0.3, 0.4) is 0 Å². The van der Waals surface area contributed by atoms with Gasteiger partial charge in [-0.3, -0.25) is 14.4 Å². The summed E-state index contributed by atoms with van der Waals surface area (Å²) in [5.41, 5.74) is 2.19. The smallest absolute Gasteiger partial charge is 0.329 e. The van der Waals surface area contributed by atoms with Crippen molar-refractivity contribution < 1.29 is 23.2 Å². The second kappa shape index (κ2) is 9.02. The molecule has 2 N–H and O–H groups in total. The van der Waals surface area contributed by atoms with Gasteiger partial charge in [-0.1, -0.05) is 0 Å². The fourth-order valence-electron chi connectivity index (χ4n) is 2.49. The Morgan fingerprint density at radius 3 is 2.50 bits per heavy atom. The second-order valence-electron chi connectivity index (χ2n) is 5.99. The van der Waals surface area contributed by atoms with Crippen molar-refractivity contribution in [2.24, 2.45) is 5.10 Å². The SMILES string of the molecule is C/C(CC(=O)Nc1ccc(F)cc1F)=N/NC(=O)C(=O)N1CCCCC1. The number of amides is 3. The van der Waals surface area contributed by atoms with Crippen LogP contribution in [0.15, 0.2) is 23.3 Å². The average molecular weight is 366 g/mol. The van der Waals surface area contributed by atoms with Crippen LogP contribution in [-0.2, 0) is 14.4 Å². The molecule has 3 amide bonds. The molecule has 9 heteroatoms. The largest absolute Gasteiger partial charge is 0.334 e. The zero-order valence-corrected chi connectivity index (χ0v) is 14.3. The predicted molar refractivity (Wildman–Crippen MR) is 91.3 cm³/mol. The molecule has 0 aromatic heterocycles. The van der Waals surface area contributed by atoms with E-state index in [0.29, 0.717) is 19.2 Å². The summed E-state index contributed by atoms with van der Waals surface area (Å²) >= 11 is 0. The average Bonchev–Trinajstić information content (AvgIpc) is 2.62. The van der Waals surface area contributed by atoms with Crippen molar-refractivity contribution in [2.45, 2.75) is 32.6 Å². The number of nitrogens with zero attached hydrogens (tertiary/aromatic N) is 2. The maximum atomic E-state index is 13.5. The number of carbonyl (C=O) groups excluding carboxylic acids is 3. The van der Waals surface area contributed by atoms with E-state index in [1.807, 2.05) is 0 Å². The molecular formula is C17H20F2N4O3. The minimum absolute atomic E-state index is 0.159. The number of piperidine rings is 1. The van der Waals surface area contributed by atoms with Gasteiger partial charge in [-0.05, 0) is 38.3 Å². The van der Waals surface area contributed by atoms with Gasteiger partial charge in [0.2, 0.25) is 5.91 Å². The molecule has 1 aliphatic heterocycles. The first kappa shape index (κ1) is 19.5. The molecule has 0 aliphatic carbocycles. The molecule has 1 saturated heterocycles. The Hall–Kier alpha value is -2.84. The molecule has 0 bridgehead atoms. The maximum absolute atomic E-state index is 13.5. The summed E-state index contributed by atoms with van der Waals surface area (Å²) < 4.78 is 26.3. The monoisotopic (exact) mass is 366 g/mol. The molecule has 1 aliphatic rings. The molecule has 0 radical (unpaired) electrons. The van der Waals surface area contributed by atoms with Crippen molar-refractivity contribution in [1.29, 1.82) is 0 Å². The molecule has 1 heterocycles. The Bertz CT molecular complexity index is 731. The molecule has 2 rings (SSSR count). The topological polar surface area (TPSA) is 90.9 Å². The van der Waals surface area contributed by atoms with Crippen LogP contribution in [-0.4, -0.2) is 41.4 Å². The molecule has 140 valence electrons. The third kappa shape index (κ3) is 5.61. The van der Waals surface area contributed by atoms with E-state index in [1.54, 1.807) is 0 Å². The summed E-state index contributed by atoms with van der Waals surface area (Å²) in [6.07, 6.45) is 2.53. The summed E-state index contributed by atoms with van der Waals surface area (Å²) in [6.45, 7) is 2.56. The van der Waals surface area contributed by atoms with Crippen LogP contribution in [0.1, 0.15) is 32.6 Å². The van der Waals surface area contributed by atoms with E-state index in [-0.39, 0.29) is 17.8 Å². The number of carbonyl (C=O) groups is 3. The highest BCUT2D eigenvalue weighted by atomic mass is 19.1. The van der Waals surface area contributed by atoms with Crippen LogP contribution >= 0.6 is 0 Å². The van der Waals surface area contributed by atoms with Gasteiger partial charge < -0.3 is 10.2 Å². The van der Waals surface area contributed by atoms with Crippen molar-refractivity contribution >= 4 is 29.1 Å². The fourth-order valence-corrected chi connectivity index (χ4v) is 2.49. The number of likely N-dealkylation sites (tertiary alicyclic amines) is 1. The molecule has 26 heavy (non-hydrogen) atoms. The van der Waals surface area contributed by atoms with E-state index in [9.17, 15) is 23.2 Å². The lowest BCUT2D eigenvalue weighted by atomic mass is 10.1. The minimum Gasteiger partial charge on any atom is -0.334 e. The Kier molecular flexibility index (Phi) is 6.76. The summed E-state index contributed by atoms with van der Waals surface area (Å²) in [5, 5.41) is 5.99. The van der Waals surface area contributed by atoms with Crippen LogP contribution in [0.2, 0.25) is 0 Å². The zero-order chi connectivity index (χ0) is 19.1. The molecule has 1 aromatic rings. The summed E-state index contributed by atoms with van der Waals surface area (Å²) in [4.78, 5) is 37.0. The standard InChI is InChI=1S/C17H20F2N4O3/c1-11(9-15(24)20-14-6-5-12(18)10-13(14)19)21-22-16(25)17(26)23-7-3-2-4-8-23/h5-6,10H,2-4,7-9H2,1H3,(H,20,24)(H,22,25)/b21-11-. The van der Waals surface area contributed by atoms with Crippen LogP contribution in [0, 0.1) is 11.6 Å². The van der Waals surface area contributed by atoms with E-state index >= 15 is 0 Å². The molecule has 0 atom stereocenters. The first-order valence-electron chi connectivity index (χ1n) is 8.24. The molecule has 1 aromatic carbocycles. The summed E-state index contributed by atoms with van der Waals surface area (Å²) in [5.74, 6) is -3.75. The van der Waals surface area contributed by atoms with Crippen molar-refractivity contribution in [3.8, 4) is 0 Å². The number of benzene rings is 1. The Morgan fingerprint density at radius 2 is 1.85 bits per heavy atom. The lowest BCUT2D eigenvalue weighted by Gasteiger charge is -2.25. The number of hydrazone groups is 1. The quantitative estimate of drug-likeness (QED) is 0.484. The van der Waals surface area contributed by atoms with Crippen LogP contribution in [0.5, 0.6) is 0 Å². The molecule has 0 unspecified atom stereocenters. The van der Waals surface area contributed by atoms with Crippen LogP contribution < -0.4 is 10.7 Å². The molecule has 0 spiro atoms. The highest BCUT2D eigenvalue weighted by Crippen LogP contribution is 2.15. The van der Waals surface area contributed by atoms with E-state index < -0.39 is 29.4 Å². The lowest BCUT2D eigenvalue weighted by molar-refractivity contribution is -0.146. The van der Waals surface area contributed by atoms with E-state index in [0.717, 1.165) is 31.4 Å². The van der Waals surface area contributed by atoms with Gasteiger partial charge in [0.05, 0.1) is 12.1 Å². The van der Waals surface area contributed by atoms with E-state index in [1.165, 1.54) is 11.8 Å². The fraction of sp³-hybridized carbons (Fsp3) is 0.412. The number of nitrogens with one attached hydrogen (secondary N) is 2. The highest BCUT2D eigenvalue weighted by molar-refractivity contribution is 6.35. The summed E-state index contributed by atoms with van der Waals surface area (Å²) in [6, 6.07) is 2.78. The van der Waals surface area contributed by atoms with Gasteiger partial charge in [-0.25, -0.2) is 14.2 Å². The van der Waals surface area contributed by atoms with Crippen LogP contribution in [0.25, 0.3) is 0 Å². The number of rotatable bonds is 4. The predicted octanol–water partition coefficient (Wildman–Crippen LogP) is 1.80. The van der Waals surface area contributed by atoms with Gasteiger partial charge in [0.15, 0.2) is 0 Å². The normalized spacial score (nSPS) is 14.7. The van der Waals surface area contributed by atoms with Gasteiger partial charge in [0.25, 0.3) is 0 Å². The third-order valence-electron chi connectivity index (χ3n) is 3.81. The third-order valence-corrected chi connectivity index (χ3v) is 3.81. The molecule has 7 nitrogen and oxygen atoms in total. The molecule has 1 fully saturated rings. The number of halogens is 2. The maximum Gasteiger partial charge on any atom is 0.329 e. The Morgan fingerprint density at radius 1 is 1.15 bits per heavy atom. The van der Waals surface area contributed by atoms with Gasteiger partial charge in [0, 0.05) is 24.9 Å². The van der Waals surface area contributed by atoms with Gasteiger partial charge >= 0.3 is 11.8 Å². The van der Waals surface area contributed by atoms with Gasteiger partial charge in [-0.15, -0.1) is 0 Å². The minimum atomic E-state index is -0.895. The van der Waals surface area contributed by atoms with Crippen molar-refractivity contribution in [3.63, 3.8) is 0 Å². The summed E-state index contributed by atoms with van der Waals surface area (Å²) in [7, 11) is 0. The van der Waals surface area contributed by atoms with E-state index in [2.05, 4.69) is 15.8 Å². The first-order chi connectivity index (χ1) is 12.4. The van der Waals surface area contributed by atoms with Crippen molar-refractivity contribution in [2.75, 3.05) is 18.4 Å². The Balaban J connectivity index is 1.83. The van der Waals surface area contributed by atoms with Gasteiger partial charge in [-0.2, -0.15) is 5.10 Å². The molecular weight excluding hydrogens is 346 g/mol. The highest BCUT2D eigenvalue weighted by Gasteiger charge is 2.23. The van der Waals surface area contributed by atoms with Crippen molar-refractivity contribution in [1.82, 2.24) is 10.3 Å². The van der Waals surface area contributed by atoms with Crippen LogP contribution in [0.4, 0.5) is 14.5 Å². The lowest BCUT2D eigenvalue weighted by Crippen LogP contribution is -2.44. The number of anilines is 1. The van der Waals surface area contributed by atoms with Gasteiger partial charge in [0.1, 0.15) is 11.6 Å². The number of hydrogen-bond donors (Lipinski definition) is 2. The first-order valence-corrected chi connectivity index (χ1v) is 8.24. The van der Waals surface area contributed by atoms with Crippen molar-refractivity contribution in [3.05, 3.63) is 29.8 Å². The zero-order valence-electron chi connectivity index (χ0n) is 14.3. The number of hydrogen-bond acceptors (Lipinski definition) is 4. The Labute approximate surface area is 149 Å².